The van der Waals surface area contributed by atoms with Crippen molar-refractivity contribution in [2.24, 2.45) is 5.73 Å². The Morgan fingerprint density at radius 1 is 1.03 bits per heavy atom. The lowest BCUT2D eigenvalue weighted by Crippen LogP contribution is -2.60. The third kappa shape index (κ3) is 9.79. The molecule has 11 nitrogen and oxygen atoms in total. The van der Waals surface area contributed by atoms with E-state index >= 15 is 0 Å². The Bertz CT molecular complexity index is 839. The molecular weight excluding hydrogens is 484 g/mol. The summed E-state index contributed by atoms with van der Waals surface area (Å²) in [6.07, 6.45) is 0.618. The van der Waals surface area contributed by atoms with Crippen LogP contribution in [0.2, 0.25) is 0 Å². The Morgan fingerprint density at radius 3 is 2.12 bits per heavy atom. The molecule has 190 valence electrons. The topological polar surface area (TPSA) is 191 Å². The molecule has 0 bridgehead atoms. The Kier molecular flexibility index (Phi) is 12.8. The standard InChI is InChI=1S/C21H32N4O7S2/c1-11(26)17(25-19(29)15(7-8-34-2)23-18(28)14(22)10-33)20(30)24-16(21(31)32)9-12-3-5-13(27)6-4-12/h3-6,11,14-17,26-27,33H,7-10,22H2,1-2H3,(H,23,28)(H,24,30)(H,25,29)(H,31,32)/t11-,14+,15+,16+,17+/m1/s1. The monoisotopic (exact) mass is 516 g/mol. The van der Waals surface area contributed by atoms with Crippen LogP contribution in [0.5, 0.6) is 5.75 Å². The number of aliphatic hydroxyl groups is 1. The molecule has 0 saturated carbocycles. The van der Waals surface area contributed by atoms with Crippen LogP contribution in [0.4, 0.5) is 0 Å². The summed E-state index contributed by atoms with van der Waals surface area (Å²) in [5.74, 6) is -2.93. The fourth-order valence-corrected chi connectivity index (χ4v) is 3.49. The van der Waals surface area contributed by atoms with Crippen molar-refractivity contribution in [2.75, 3.05) is 17.8 Å². The van der Waals surface area contributed by atoms with Gasteiger partial charge in [0.25, 0.3) is 0 Å². The highest BCUT2D eigenvalue weighted by Crippen LogP contribution is 2.12. The third-order valence-corrected chi connectivity index (χ3v) is 5.87. The van der Waals surface area contributed by atoms with Gasteiger partial charge in [-0.1, -0.05) is 12.1 Å². The molecule has 8 N–H and O–H groups in total. The summed E-state index contributed by atoms with van der Waals surface area (Å²) in [6, 6.07) is 1.03. The van der Waals surface area contributed by atoms with E-state index in [1.165, 1.54) is 43.0 Å². The van der Waals surface area contributed by atoms with Crippen LogP contribution in [0.1, 0.15) is 18.9 Å². The van der Waals surface area contributed by atoms with Crippen molar-refractivity contribution in [1.29, 1.82) is 0 Å². The van der Waals surface area contributed by atoms with Gasteiger partial charge in [-0.25, -0.2) is 4.79 Å². The summed E-state index contributed by atoms with van der Waals surface area (Å²) in [5.41, 5.74) is 6.19. The molecule has 0 aliphatic carbocycles. The fourth-order valence-electron chi connectivity index (χ4n) is 2.85. The number of thiol groups is 1. The lowest BCUT2D eigenvalue weighted by atomic mass is 10.0. The number of aliphatic carboxylic acids is 1. The Morgan fingerprint density at radius 2 is 1.62 bits per heavy atom. The van der Waals surface area contributed by atoms with Gasteiger partial charge in [0.1, 0.15) is 23.9 Å². The lowest BCUT2D eigenvalue weighted by Gasteiger charge is -2.26. The number of phenols is 1. The van der Waals surface area contributed by atoms with Gasteiger partial charge < -0.3 is 37.0 Å². The Balaban J connectivity index is 2.94. The molecule has 1 aromatic rings. The first-order valence-electron chi connectivity index (χ1n) is 10.4. The van der Waals surface area contributed by atoms with Gasteiger partial charge in [-0.3, -0.25) is 14.4 Å². The molecule has 0 saturated heterocycles. The SMILES string of the molecule is CSCC[C@H](NC(=O)[C@@H](N)CS)C(=O)N[C@H](C(=O)N[C@@H](Cc1ccc(O)cc1)C(=O)O)[C@@H](C)O. The number of amides is 3. The molecule has 34 heavy (non-hydrogen) atoms. The second-order valence-electron chi connectivity index (χ2n) is 7.63. The number of hydrogen-bond donors (Lipinski definition) is 8. The fraction of sp³-hybridized carbons (Fsp3) is 0.524. The lowest BCUT2D eigenvalue weighted by molar-refractivity contribution is -0.143. The number of carbonyl (C=O) groups excluding carboxylic acids is 3. The van der Waals surface area contributed by atoms with Gasteiger partial charge in [0.2, 0.25) is 17.7 Å². The van der Waals surface area contributed by atoms with E-state index in [2.05, 4.69) is 28.6 Å². The van der Waals surface area contributed by atoms with Crippen molar-refractivity contribution < 1.29 is 34.5 Å². The first kappa shape index (κ1) is 29.6. The van der Waals surface area contributed by atoms with Crippen molar-refractivity contribution in [2.45, 2.75) is 50.0 Å². The first-order chi connectivity index (χ1) is 16.0. The zero-order chi connectivity index (χ0) is 25.8. The van der Waals surface area contributed by atoms with Gasteiger partial charge in [0.05, 0.1) is 12.1 Å². The summed E-state index contributed by atoms with van der Waals surface area (Å²) in [4.78, 5) is 49.4. The third-order valence-electron chi connectivity index (χ3n) is 4.83. The molecule has 0 fully saturated rings. The highest BCUT2D eigenvalue weighted by Gasteiger charge is 2.32. The number of nitrogens with two attached hydrogens (primary N) is 1. The second kappa shape index (κ2) is 14.7. The number of aliphatic hydroxyl groups excluding tert-OH is 1. The van der Waals surface area contributed by atoms with Crippen LogP contribution in [-0.2, 0) is 25.6 Å². The number of benzene rings is 1. The maximum Gasteiger partial charge on any atom is 0.326 e. The largest absolute Gasteiger partial charge is 0.508 e. The Labute approximate surface area is 207 Å². The van der Waals surface area contributed by atoms with Gasteiger partial charge in [0, 0.05) is 12.2 Å². The molecule has 0 aromatic heterocycles. The smallest absolute Gasteiger partial charge is 0.326 e. The normalized spacial score (nSPS) is 15.3. The number of carbonyl (C=O) groups is 4. The zero-order valence-electron chi connectivity index (χ0n) is 18.9. The number of rotatable bonds is 14. The maximum atomic E-state index is 12.8. The molecule has 0 heterocycles. The number of thioether (sulfide) groups is 1. The van der Waals surface area contributed by atoms with E-state index in [1.807, 2.05) is 6.26 Å². The van der Waals surface area contributed by atoms with Crippen LogP contribution >= 0.6 is 24.4 Å². The number of carboxylic acids is 1. The summed E-state index contributed by atoms with van der Waals surface area (Å²) >= 11 is 5.41. The molecule has 0 spiro atoms. The van der Waals surface area contributed by atoms with Gasteiger partial charge >= 0.3 is 5.97 Å². The number of aromatic hydroxyl groups is 1. The predicted molar refractivity (Wildman–Crippen MR) is 132 cm³/mol. The van der Waals surface area contributed by atoms with Crippen LogP contribution in [0.15, 0.2) is 24.3 Å². The van der Waals surface area contributed by atoms with Crippen molar-refractivity contribution in [3.05, 3.63) is 29.8 Å². The van der Waals surface area contributed by atoms with E-state index in [9.17, 15) is 34.5 Å². The molecule has 0 unspecified atom stereocenters. The van der Waals surface area contributed by atoms with E-state index in [-0.39, 0.29) is 24.3 Å². The van der Waals surface area contributed by atoms with E-state index in [4.69, 9.17) is 5.73 Å². The minimum Gasteiger partial charge on any atom is -0.508 e. The van der Waals surface area contributed by atoms with Crippen LogP contribution < -0.4 is 21.7 Å². The van der Waals surface area contributed by atoms with Crippen molar-refractivity contribution in [1.82, 2.24) is 16.0 Å². The second-order valence-corrected chi connectivity index (χ2v) is 8.98. The number of hydrogen-bond acceptors (Lipinski definition) is 9. The minimum atomic E-state index is -1.47. The average Bonchev–Trinajstić information content (AvgIpc) is 2.79. The quantitative estimate of drug-likeness (QED) is 0.141. The van der Waals surface area contributed by atoms with Crippen LogP contribution in [-0.4, -0.2) is 87.0 Å². The van der Waals surface area contributed by atoms with Crippen molar-refractivity contribution in [3.8, 4) is 5.75 Å². The van der Waals surface area contributed by atoms with E-state index in [0.717, 1.165) is 0 Å². The molecule has 13 heteroatoms. The van der Waals surface area contributed by atoms with Gasteiger partial charge in [-0.05, 0) is 43.0 Å². The summed E-state index contributed by atoms with van der Waals surface area (Å²) in [7, 11) is 0. The molecule has 5 atom stereocenters. The molecule has 0 aliphatic heterocycles. The summed E-state index contributed by atoms with van der Waals surface area (Å²) in [6.45, 7) is 1.27. The average molecular weight is 517 g/mol. The first-order valence-corrected chi connectivity index (χ1v) is 12.5. The highest BCUT2D eigenvalue weighted by atomic mass is 32.2. The summed E-state index contributed by atoms with van der Waals surface area (Å²) < 4.78 is 0. The van der Waals surface area contributed by atoms with Gasteiger partial charge in [0.15, 0.2) is 0 Å². The molecular formula is C21H32N4O7S2. The molecule has 3 amide bonds. The minimum absolute atomic E-state index is 0.00925. The van der Waals surface area contributed by atoms with E-state index in [0.29, 0.717) is 11.3 Å². The van der Waals surface area contributed by atoms with E-state index in [1.54, 1.807) is 0 Å². The maximum absolute atomic E-state index is 12.8. The van der Waals surface area contributed by atoms with Crippen molar-refractivity contribution in [3.63, 3.8) is 0 Å². The summed E-state index contributed by atoms with van der Waals surface area (Å²) in [5, 5.41) is 36.2. The van der Waals surface area contributed by atoms with Crippen LogP contribution in [0, 0.1) is 0 Å². The van der Waals surface area contributed by atoms with Crippen molar-refractivity contribution >= 4 is 48.1 Å². The van der Waals surface area contributed by atoms with Crippen LogP contribution in [0.25, 0.3) is 0 Å². The van der Waals surface area contributed by atoms with E-state index < -0.39 is 54.0 Å². The van der Waals surface area contributed by atoms with Crippen LogP contribution in [0.3, 0.4) is 0 Å². The predicted octanol–water partition coefficient (Wildman–Crippen LogP) is -1.14. The number of carboxylic acid groups (broad SMARTS) is 1. The van der Waals surface area contributed by atoms with Gasteiger partial charge in [-0.15, -0.1) is 0 Å². The zero-order valence-corrected chi connectivity index (χ0v) is 20.6. The Hall–Kier alpha value is -2.48. The molecule has 1 rings (SSSR count). The highest BCUT2D eigenvalue weighted by molar-refractivity contribution is 7.98. The molecule has 1 aromatic carbocycles. The molecule has 0 radical (unpaired) electrons. The molecule has 0 aliphatic rings. The van der Waals surface area contributed by atoms with Gasteiger partial charge in [-0.2, -0.15) is 24.4 Å². The number of nitrogens with one attached hydrogen (secondary N) is 3. The number of phenolic OH excluding ortho intramolecular Hbond substituents is 1.